The fourth-order valence-corrected chi connectivity index (χ4v) is 13.4. The fraction of sp³-hybridized carbons (Fsp3) is 0.286. The zero-order chi connectivity index (χ0) is 93.2. The lowest BCUT2D eigenvalue weighted by molar-refractivity contribution is -0.385. The van der Waals surface area contributed by atoms with Crippen molar-refractivity contribution in [3.63, 3.8) is 0 Å². The lowest BCUT2D eigenvalue weighted by atomic mass is 10.1. The van der Waals surface area contributed by atoms with Gasteiger partial charge in [-0.25, -0.2) is 24.0 Å². The molecule has 0 atom stereocenters. The smallest absolute Gasteiger partial charge is 0.354 e. The van der Waals surface area contributed by atoms with Crippen molar-refractivity contribution in [3.8, 4) is 0 Å². The quantitative estimate of drug-likeness (QED) is 0.0112. The van der Waals surface area contributed by atoms with E-state index in [0.29, 0.717) is 84.6 Å². The molecule has 12 aromatic heterocycles. The Bertz CT molecular complexity index is 5980. The molecule has 0 aliphatic carbocycles. The first-order valence-electron chi connectivity index (χ1n) is 37.5. The normalized spacial score (nSPS) is 10.5. The lowest BCUT2D eigenvalue weighted by Crippen LogP contribution is -2.08. The van der Waals surface area contributed by atoms with E-state index in [9.17, 15) is 92.3 Å². The van der Waals surface area contributed by atoms with Crippen LogP contribution in [0.15, 0.2) is 147 Å². The van der Waals surface area contributed by atoms with E-state index < -0.39 is 51.8 Å². The Morgan fingerprint density at radius 1 is 0.310 bits per heavy atom. The van der Waals surface area contributed by atoms with E-state index >= 15 is 0 Å². The zero-order valence-electron chi connectivity index (χ0n) is 71.7. The number of rotatable bonds is 29. The number of nitro groups is 3. The Morgan fingerprint density at radius 3 is 0.627 bits per heavy atom. The molecule has 41 nitrogen and oxygen atoms in total. The van der Waals surface area contributed by atoms with Crippen LogP contribution in [-0.2, 0) is 144 Å². The number of alkyl halides is 1. The first-order chi connectivity index (χ1) is 58.7. The number of halogens is 1. The van der Waals surface area contributed by atoms with E-state index in [1.807, 2.05) is 0 Å². The van der Waals surface area contributed by atoms with Crippen molar-refractivity contribution in [2.75, 3.05) is 40.0 Å². The number of anilines is 2. The number of nitrogens with zero attached hydrogens (tertiary/aromatic N) is 15. The van der Waals surface area contributed by atoms with Gasteiger partial charge in [-0.05, 0) is 93.5 Å². The average Bonchev–Trinajstić information content (AvgIpc) is 1.68. The Labute approximate surface area is 720 Å². The van der Waals surface area contributed by atoms with E-state index in [1.54, 1.807) is 215 Å². The Morgan fingerprint density at radius 2 is 0.460 bits per heavy atom. The molecule has 0 bridgehead atoms. The number of nitrogen functional groups attached to an aromatic ring is 2. The first-order valence-corrected chi connectivity index (χ1v) is 36.8. The number of carbonyl (C=O) groups is 12. The maximum absolute atomic E-state index is 12.8. The molecule has 0 saturated heterocycles. The number of Topliss-reactive ketones (excluding diaryl/α,β-unsaturated/α-hetero) is 7. The van der Waals surface area contributed by atoms with Gasteiger partial charge in [-0.1, -0.05) is 7.43 Å². The lowest BCUT2D eigenvalue weighted by Gasteiger charge is -2.00. The predicted octanol–water partition coefficient (Wildman–Crippen LogP) is 8.52. The summed E-state index contributed by atoms with van der Waals surface area (Å²) < 4.78 is 48.2. The second-order valence-electron chi connectivity index (χ2n) is 28.6. The van der Waals surface area contributed by atoms with Gasteiger partial charge in [0.25, 0.3) is 17.1 Å². The van der Waals surface area contributed by atoms with Gasteiger partial charge in [0.2, 0.25) is 0 Å². The SMILES string of the molecule is C.COC(=O)c1cc(CC(=O)c2cc(CC(=O)c3cc([N+](=O)[O-])cn3C)cn2C)cn1C.COC(=O)c1cc(CC(=O)c2cc(CC(=O)c3cc([N+](=O)[O-])cn3C)cn2C)cn1C.COC(=O)c1cc(CC(=O)c2cc(N)cn2C)cn1C.Cn1cc(CC(=O)c2cc(CC(=O)c3cc([N+](=O)[O-])cn3C)cn2C)cc1C(=O)O.Cn1cc(N)cc1C(=O)O.O.[2H]CF. The van der Waals surface area contributed by atoms with Crippen LogP contribution in [0.25, 0.3) is 0 Å². The zero-order valence-corrected chi connectivity index (χ0v) is 70.7. The highest BCUT2D eigenvalue weighted by atomic mass is 19.1. The molecule has 0 amide bonds. The Balaban J connectivity index is 0.000000287. The van der Waals surface area contributed by atoms with Gasteiger partial charge in [-0.15, -0.1) is 0 Å². The van der Waals surface area contributed by atoms with Crippen molar-refractivity contribution in [1.82, 2.24) is 54.8 Å². The monoisotopic (exact) mass is 1750 g/mol. The van der Waals surface area contributed by atoms with E-state index in [4.69, 9.17) is 32.5 Å². The van der Waals surface area contributed by atoms with E-state index in [1.165, 1.54) is 93.1 Å². The van der Waals surface area contributed by atoms with Crippen molar-refractivity contribution in [2.45, 2.75) is 52.4 Å². The molecule has 0 spiro atoms. The number of carbonyl (C=O) groups excluding carboxylic acids is 10. The van der Waals surface area contributed by atoms with Gasteiger partial charge in [-0.2, -0.15) is 0 Å². The molecule has 0 radical (unpaired) electrons. The highest BCUT2D eigenvalue weighted by Gasteiger charge is 2.27. The summed E-state index contributed by atoms with van der Waals surface area (Å²) in [7, 11) is 22.8. The number of carboxylic acid groups (broad SMARTS) is 2. The van der Waals surface area contributed by atoms with Crippen LogP contribution in [0.5, 0.6) is 0 Å². The number of hydrogen-bond donors (Lipinski definition) is 4. The number of aromatic nitrogens is 12. The Hall–Kier alpha value is -15.9. The number of aromatic carboxylic acids is 2. The molecule has 12 aromatic rings. The van der Waals surface area contributed by atoms with Gasteiger partial charge >= 0.3 is 29.8 Å². The van der Waals surface area contributed by atoms with Gasteiger partial charge in [0, 0.05) is 203 Å². The molecule has 8 N–H and O–H groups in total. The van der Waals surface area contributed by atoms with Gasteiger partial charge in [0.1, 0.15) is 28.5 Å². The number of methoxy groups -OCH3 is 3. The molecular formula is C84H98FN17O24. The summed E-state index contributed by atoms with van der Waals surface area (Å²) in [5, 5.41) is 50.3. The van der Waals surface area contributed by atoms with Crippen LogP contribution in [0.4, 0.5) is 32.8 Å². The van der Waals surface area contributed by atoms with Crippen molar-refractivity contribution >= 4 is 98.8 Å². The number of ketones is 7. The minimum absolute atomic E-state index is 0. The third-order valence-electron chi connectivity index (χ3n) is 19.3. The fourth-order valence-electron chi connectivity index (χ4n) is 13.4. The molecule has 0 fully saturated rings. The molecular weight excluding hydrogens is 1650 g/mol. The highest BCUT2D eigenvalue weighted by molar-refractivity contribution is 6.03. The molecule has 0 aromatic carbocycles. The van der Waals surface area contributed by atoms with Crippen molar-refractivity contribution < 1.29 is 108 Å². The highest BCUT2D eigenvalue weighted by Crippen LogP contribution is 2.25. The van der Waals surface area contributed by atoms with E-state index in [0.717, 1.165) is 5.56 Å². The van der Waals surface area contributed by atoms with Crippen LogP contribution in [0.2, 0.25) is 0 Å². The van der Waals surface area contributed by atoms with E-state index in [2.05, 4.69) is 4.74 Å². The molecule has 0 aliphatic rings. The van der Waals surface area contributed by atoms with Crippen LogP contribution < -0.4 is 11.5 Å². The van der Waals surface area contributed by atoms with Crippen molar-refractivity contribution in [2.24, 2.45) is 84.6 Å². The van der Waals surface area contributed by atoms with Gasteiger partial charge in [0.15, 0.2) is 40.5 Å². The summed E-state index contributed by atoms with van der Waals surface area (Å²) in [5.74, 6) is -4.90. The number of ether oxygens (including phenoxy) is 3. The largest absolute Gasteiger partial charge is 0.477 e. The van der Waals surface area contributed by atoms with Gasteiger partial charge < -0.3 is 96.2 Å². The number of hydrogen-bond acceptors (Lipinski definition) is 23. The third-order valence-corrected chi connectivity index (χ3v) is 19.3. The van der Waals surface area contributed by atoms with Crippen LogP contribution in [0.1, 0.15) is 174 Å². The maximum atomic E-state index is 12.8. The number of aryl methyl sites for hydroxylation is 12. The van der Waals surface area contributed by atoms with Crippen LogP contribution >= 0.6 is 0 Å². The van der Waals surface area contributed by atoms with Crippen LogP contribution in [-0.4, -0.2) is 184 Å². The summed E-state index contributed by atoms with van der Waals surface area (Å²) >= 11 is 0. The number of esters is 3. The maximum Gasteiger partial charge on any atom is 0.354 e. The molecule has 12 rings (SSSR count). The Kier molecular flexibility index (Phi) is 34.2. The van der Waals surface area contributed by atoms with Crippen molar-refractivity contribution in [3.05, 3.63) is 285 Å². The van der Waals surface area contributed by atoms with Gasteiger partial charge in [-0.3, -0.25) is 68.3 Å². The number of nitrogens with two attached hydrogens (primary N) is 2. The molecule has 0 aliphatic heterocycles. The van der Waals surface area contributed by atoms with Gasteiger partial charge in [0.05, 0.1) is 114 Å². The van der Waals surface area contributed by atoms with Crippen LogP contribution in [0, 0.1) is 30.3 Å². The van der Waals surface area contributed by atoms with Crippen LogP contribution in [0.3, 0.4) is 0 Å². The standard InChI is InChI=1S/2C21H22N4O6.C20H20N4O6.C14H17N3O3.C6H8N2O2.CH3F.CH4.H2O/c2*1-22-10-13(7-20(27)17-9-15(25(29)30)12-24(17)3)5-16(22)19(26)8-14-6-18(21(28)31-4)23(2)11-14;1-21-9-12(6-19(26)16-8-14(24(29)30)11-23(16)3)4-15(21)18(25)7-13-5-17(20(27)28)22(2)10-13;1-16-7-9(4-12(16)14(19)20-3)5-13(18)11-6-10(15)8-17(11)2;1-8-3-4(7)2-5(8)6(9)10;1-2;;/h2*5-6,9-12H,7-8H2,1-4H3;4-5,8-11H,6-7H2,1-3H3,(H,27,28);4,6-8H,5,15H2,1-3H3;2-3H,7H2,1H3,(H,9,10);1H3;1H4;1H2/i;;;;;1D;;. The topological polar surface area (TPSA) is 545 Å². The minimum Gasteiger partial charge on any atom is -0.477 e. The number of carboxylic acids is 2. The predicted molar refractivity (Wildman–Crippen MR) is 455 cm³/mol. The molecule has 0 saturated carbocycles. The summed E-state index contributed by atoms with van der Waals surface area (Å²) in [6.07, 6.45) is 19.3. The first kappa shape index (κ1) is 98.9. The molecule has 42 heteroatoms. The van der Waals surface area contributed by atoms with Crippen molar-refractivity contribution in [1.29, 1.82) is 0 Å². The average molecular weight is 1750 g/mol. The molecule has 670 valence electrons. The summed E-state index contributed by atoms with van der Waals surface area (Å²) in [5.41, 5.74) is 19.9. The molecule has 126 heavy (non-hydrogen) atoms. The third kappa shape index (κ3) is 25.1. The molecule has 12 heterocycles. The summed E-state index contributed by atoms with van der Waals surface area (Å²) in [6.45, 7) is 0. The second kappa shape index (κ2) is 43.5. The minimum atomic E-state index is -1.07. The second-order valence-corrected chi connectivity index (χ2v) is 28.6. The molecule has 0 unspecified atom stereocenters. The summed E-state index contributed by atoms with van der Waals surface area (Å²) in [4.78, 5) is 176. The van der Waals surface area contributed by atoms with E-state index in [-0.39, 0.29) is 144 Å². The summed E-state index contributed by atoms with van der Waals surface area (Å²) in [6, 6.07) is 18.0.